The second-order valence-electron chi connectivity index (χ2n) is 4.03. The number of aryl methyl sites for hydroxylation is 1. The van der Waals surface area contributed by atoms with Crippen molar-refractivity contribution in [3.63, 3.8) is 0 Å². The molecule has 96 valence electrons. The minimum Gasteiger partial charge on any atom is -0.373 e. The Morgan fingerprint density at radius 3 is 2.67 bits per heavy atom. The Morgan fingerprint density at radius 1 is 1.28 bits per heavy atom. The molecule has 0 amide bonds. The Balaban J connectivity index is 2.13. The summed E-state index contributed by atoms with van der Waals surface area (Å²) < 4.78 is 1.79. The fourth-order valence-electron chi connectivity index (χ4n) is 1.86. The standard InChI is InChI=1S/C12H18N6/c1-4-10-11(13-2)15-8-16-12(10)14-5-9-6-17-18(3)7-9/h6-8H,4-5H2,1-3H3,(H2,13,14,15,16). The lowest BCUT2D eigenvalue weighted by Crippen LogP contribution is -2.07. The van der Waals surface area contributed by atoms with Gasteiger partial charge in [0.1, 0.15) is 18.0 Å². The zero-order valence-corrected chi connectivity index (χ0v) is 10.9. The van der Waals surface area contributed by atoms with Crippen LogP contribution in [0.1, 0.15) is 18.1 Å². The largest absolute Gasteiger partial charge is 0.373 e. The first kappa shape index (κ1) is 12.3. The van der Waals surface area contributed by atoms with Crippen molar-refractivity contribution < 1.29 is 0 Å². The van der Waals surface area contributed by atoms with E-state index >= 15 is 0 Å². The SMILES string of the molecule is CCc1c(NC)ncnc1NCc1cnn(C)c1. The number of hydrogen-bond acceptors (Lipinski definition) is 5. The maximum Gasteiger partial charge on any atom is 0.134 e. The van der Waals surface area contributed by atoms with Crippen LogP contribution in [0.25, 0.3) is 0 Å². The van der Waals surface area contributed by atoms with Gasteiger partial charge < -0.3 is 10.6 Å². The number of anilines is 2. The van der Waals surface area contributed by atoms with Gasteiger partial charge in [0.05, 0.1) is 6.20 Å². The van der Waals surface area contributed by atoms with Crippen molar-refractivity contribution in [2.75, 3.05) is 17.7 Å². The first-order chi connectivity index (χ1) is 8.74. The van der Waals surface area contributed by atoms with Gasteiger partial charge in [-0.25, -0.2) is 9.97 Å². The summed E-state index contributed by atoms with van der Waals surface area (Å²) in [5.74, 6) is 1.75. The lowest BCUT2D eigenvalue weighted by atomic mass is 10.2. The zero-order chi connectivity index (χ0) is 13.0. The minimum absolute atomic E-state index is 0.709. The highest BCUT2D eigenvalue weighted by Crippen LogP contribution is 2.20. The molecule has 0 saturated heterocycles. The molecule has 0 bridgehead atoms. The topological polar surface area (TPSA) is 67.7 Å². The molecular formula is C12H18N6. The third-order valence-corrected chi connectivity index (χ3v) is 2.75. The fourth-order valence-corrected chi connectivity index (χ4v) is 1.86. The Hall–Kier alpha value is -2.11. The smallest absolute Gasteiger partial charge is 0.134 e. The first-order valence-electron chi connectivity index (χ1n) is 5.97. The fraction of sp³-hybridized carbons (Fsp3) is 0.417. The van der Waals surface area contributed by atoms with Gasteiger partial charge in [-0.05, 0) is 6.42 Å². The summed E-state index contributed by atoms with van der Waals surface area (Å²) in [6.07, 6.45) is 6.28. The number of rotatable bonds is 5. The van der Waals surface area contributed by atoms with E-state index in [2.05, 4.69) is 32.6 Å². The van der Waals surface area contributed by atoms with Crippen LogP contribution in [0, 0.1) is 0 Å². The first-order valence-corrected chi connectivity index (χ1v) is 5.97. The second-order valence-corrected chi connectivity index (χ2v) is 4.03. The van der Waals surface area contributed by atoms with E-state index in [1.54, 1.807) is 11.0 Å². The van der Waals surface area contributed by atoms with Gasteiger partial charge in [0.25, 0.3) is 0 Å². The van der Waals surface area contributed by atoms with Crippen molar-refractivity contribution in [1.29, 1.82) is 0 Å². The highest BCUT2D eigenvalue weighted by molar-refractivity contribution is 5.57. The maximum absolute atomic E-state index is 4.29. The molecule has 2 aromatic rings. The van der Waals surface area contributed by atoms with Gasteiger partial charge in [-0.1, -0.05) is 6.92 Å². The van der Waals surface area contributed by atoms with Crippen LogP contribution in [0.4, 0.5) is 11.6 Å². The van der Waals surface area contributed by atoms with Crippen molar-refractivity contribution in [3.05, 3.63) is 29.8 Å². The van der Waals surface area contributed by atoms with Crippen LogP contribution in [0.3, 0.4) is 0 Å². The Morgan fingerprint density at radius 2 is 2.06 bits per heavy atom. The molecule has 0 saturated carbocycles. The van der Waals surface area contributed by atoms with E-state index in [9.17, 15) is 0 Å². The second kappa shape index (κ2) is 5.48. The van der Waals surface area contributed by atoms with E-state index in [1.165, 1.54) is 0 Å². The van der Waals surface area contributed by atoms with Crippen molar-refractivity contribution in [1.82, 2.24) is 19.7 Å². The molecule has 18 heavy (non-hydrogen) atoms. The quantitative estimate of drug-likeness (QED) is 0.835. The normalized spacial score (nSPS) is 10.4. The van der Waals surface area contributed by atoms with Crippen molar-refractivity contribution in [3.8, 4) is 0 Å². The summed E-state index contributed by atoms with van der Waals surface area (Å²) in [5, 5.41) is 10.5. The number of aromatic nitrogens is 4. The lowest BCUT2D eigenvalue weighted by molar-refractivity contribution is 0.767. The monoisotopic (exact) mass is 246 g/mol. The summed E-state index contributed by atoms with van der Waals surface area (Å²) in [6, 6.07) is 0. The van der Waals surface area contributed by atoms with Gasteiger partial charge in [-0.2, -0.15) is 5.10 Å². The molecule has 0 aliphatic rings. The molecule has 0 aromatic carbocycles. The third-order valence-electron chi connectivity index (χ3n) is 2.75. The molecule has 6 nitrogen and oxygen atoms in total. The molecule has 2 aromatic heterocycles. The average molecular weight is 246 g/mol. The van der Waals surface area contributed by atoms with Crippen LogP contribution in [-0.4, -0.2) is 26.8 Å². The van der Waals surface area contributed by atoms with Crippen LogP contribution in [0.5, 0.6) is 0 Å². The lowest BCUT2D eigenvalue weighted by Gasteiger charge is -2.12. The molecule has 0 atom stereocenters. The predicted octanol–water partition coefficient (Wildman–Crippen LogP) is 1.43. The predicted molar refractivity (Wildman–Crippen MR) is 71.5 cm³/mol. The van der Waals surface area contributed by atoms with Crippen LogP contribution in [-0.2, 0) is 20.0 Å². The molecule has 2 N–H and O–H groups in total. The number of hydrogen-bond donors (Lipinski definition) is 2. The van der Waals surface area contributed by atoms with Crippen molar-refractivity contribution in [2.24, 2.45) is 7.05 Å². The number of nitrogens with one attached hydrogen (secondary N) is 2. The molecule has 6 heteroatoms. The molecule has 0 aliphatic heterocycles. The van der Waals surface area contributed by atoms with E-state index in [-0.39, 0.29) is 0 Å². The van der Waals surface area contributed by atoms with Crippen molar-refractivity contribution in [2.45, 2.75) is 19.9 Å². The highest BCUT2D eigenvalue weighted by Gasteiger charge is 2.08. The molecule has 0 aliphatic carbocycles. The summed E-state index contributed by atoms with van der Waals surface area (Å²) in [4.78, 5) is 8.50. The molecule has 2 rings (SSSR count). The minimum atomic E-state index is 0.709. The summed E-state index contributed by atoms with van der Waals surface area (Å²) in [6.45, 7) is 2.80. The third kappa shape index (κ3) is 2.58. The van der Waals surface area contributed by atoms with E-state index in [4.69, 9.17) is 0 Å². The van der Waals surface area contributed by atoms with Gasteiger partial charge in [0, 0.05) is 38.0 Å². The maximum atomic E-state index is 4.29. The Bertz CT molecular complexity index is 519. The Labute approximate surface area is 106 Å². The van der Waals surface area contributed by atoms with Crippen LogP contribution in [0.15, 0.2) is 18.7 Å². The van der Waals surface area contributed by atoms with Gasteiger partial charge >= 0.3 is 0 Å². The van der Waals surface area contributed by atoms with Crippen LogP contribution < -0.4 is 10.6 Å². The van der Waals surface area contributed by atoms with E-state index in [1.807, 2.05) is 26.5 Å². The average Bonchev–Trinajstić information content (AvgIpc) is 2.81. The van der Waals surface area contributed by atoms with E-state index in [0.717, 1.165) is 29.2 Å². The summed E-state index contributed by atoms with van der Waals surface area (Å²) in [7, 11) is 3.77. The van der Waals surface area contributed by atoms with Gasteiger partial charge in [0.15, 0.2) is 0 Å². The zero-order valence-electron chi connectivity index (χ0n) is 10.9. The Kier molecular flexibility index (Phi) is 3.76. The highest BCUT2D eigenvalue weighted by atomic mass is 15.2. The van der Waals surface area contributed by atoms with Crippen molar-refractivity contribution >= 4 is 11.6 Å². The van der Waals surface area contributed by atoms with Gasteiger partial charge in [-0.3, -0.25) is 4.68 Å². The molecule has 2 heterocycles. The molecule has 0 fully saturated rings. The molecule has 0 unspecified atom stereocenters. The van der Waals surface area contributed by atoms with Crippen LogP contribution in [0.2, 0.25) is 0 Å². The number of nitrogens with zero attached hydrogens (tertiary/aromatic N) is 4. The van der Waals surface area contributed by atoms with Crippen LogP contribution >= 0.6 is 0 Å². The van der Waals surface area contributed by atoms with E-state index < -0.39 is 0 Å². The van der Waals surface area contributed by atoms with Gasteiger partial charge in [-0.15, -0.1) is 0 Å². The molecule has 0 radical (unpaired) electrons. The molecule has 0 spiro atoms. The summed E-state index contributed by atoms with van der Waals surface area (Å²) >= 11 is 0. The molecular weight excluding hydrogens is 228 g/mol. The van der Waals surface area contributed by atoms with Gasteiger partial charge in [0.2, 0.25) is 0 Å². The van der Waals surface area contributed by atoms with E-state index in [0.29, 0.717) is 6.54 Å². The summed E-state index contributed by atoms with van der Waals surface area (Å²) in [5.41, 5.74) is 2.23.